The zero-order chi connectivity index (χ0) is 14.1. The molecule has 3 rings (SSSR count). The van der Waals surface area contributed by atoms with Crippen molar-refractivity contribution >= 4 is 16.8 Å². The van der Waals surface area contributed by atoms with Gasteiger partial charge in [-0.3, -0.25) is 9.59 Å². The van der Waals surface area contributed by atoms with Crippen LogP contribution in [0.25, 0.3) is 10.9 Å². The number of amides is 1. The third-order valence-corrected chi connectivity index (χ3v) is 3.65. The van der Waals surface area contributed by atoms with Gasteiger partial charge in [0.1, 0.15) is 5.56 Å². The molecule has 2 heterocycles. The number of H-pyrrole nitrogens is 1. The molecule has 20 heavy (non-hydrogen) atoms. The summed E-state index contributed by atoms with van der Waals surface area (Å²) < 4.78 is 5.22. The first-order valence-electron chi connectivity index (χ1n) is 6.66. The number of benzene rings is 1. The van der Waals surface area contributed by atoms with E-state index in [1.165, 1.54) is 6.20 Å². The average molecular weight is 272 g/mol. The van der Waals surface area contributed by atoms with Crippen LogP contribution in [0, 0.1) is 6.92 Å². The molecule has 1 aromatic heterocycles. The van der Waals surface area contributed by atoms with E-state index in [-0.39, 0.29) is 16.9 Å². The lowest BCUT2D eigenvalue weighted by molar-refractivity contribution is 0.0302. The number of carbonyl (C=O) groups is 1. The summed E-state index contributed by atoms with van der Waals surface area (Å²) in [6, 6.07) is 5.51. The molecule has 0 unspecified atom stereocenters. The highest BCUT2D eigenvalue weighted by Gasteiger charge is 2.21. The number of aromatic amines is 1. The fourth-order valence-corrected chi connectivity index (χ4v) is 2.50. The Labute approximate surface area is 116 Å². The summed E-state index contributed by atoms with van der Waals surface area (Å²) in [5.74, 6) is -0.224. The number of para-hydroxylation sites is 1. The number of aromatic nitrogens is 1. The molecule has 0 atom stereocenters. The molecule has 0 bridgehead atoms. The predicted octanol–water partition coefficient (Wildman–Crippen LogP) is 1.31. The van der Waals surface area contributed by atoms with Gasteiger partial charge in [0.05, 0.1) is 18.7 Å². The minimum atomic E-state index is -0.224. The van der Waals surface area contributed by atoms with E-state index in [0.29, 0.717) is 31.7 Å². The van der Waals surface area contributed by atoms with Crippen molar-refractivity contribution in [3.8, 4) is 0 Å². The minimum absolute atomic E-state index is 0.199. The second-order valence-electron chi connectivity index (χ2n) is 4.93. The van der Waals surface area contributed by atoms with E-state index in [9.17, 15) is 9.59 Å². The van der Waals surface area contributed by atoms with Gasteiger partial charge in [0, 0.05) is 24.7 Å². The number of nitrogens with one attached hydrogen (secondary N) is 1. The van der Waals surface area contributed by atoms with Crippen LogP contribution >= 0.6 is 0 Å². The molecule has 5 heteroatoms. The maximum Gasteiger partial charge on any atom is 0.259 e. The summed E-state index contributed by atoms with van der Waals surface area (Å²) >= 11 is 0. The van der Waals surface area contributed by atoms with E-state index in [4.69, 9.17) is 4.74 Å². The first-order chi connectivity index (χ1) is 9.68. The highest BCUT2D eigenvalue weighted by Crippen LogP contribution is 2.13. The molecule has 1 N–H and O–H groups in total. The summed E-state index contributed by atoms with van der Waals surface area (Å²) in [5, 5.41) is 0.559. The predicted molar refractivity (Wildman–Crippen MR) is 76.0 cm³/mol. The van der Waals surface area contributed by atoms with Crippen LogP contribution in [0.4, 0.5) is 0 Å². The standard InChI is InChI=1S/C15H16N2O3/c1-10-3-2-4-11-13(10)16-9-12(14(11)18)15(19)17-5-7-20-8-6-17/h2-4,9H,5-8H2,1H3,(H,16,18). The van der Waals surface area contributed by atoms with Gasteiger partial charge < -0.3 is 14.6 Å². The highest BCUT2D eigenvalue weighted by atomic mass is 16.5. The van der Waals surface area contributed by atoms with E-state index in [2.05, 4.69) is 4.98 Å². The fraction of sp³-hybridized carbons (Fsp3) is 0.333. The van der Waals surface area contributed by atoms with Crippen molar-refractivity contribution in [1.82, 2.24) is 9.88 Å². The van der Waals surface area contributed by atoms with Crippen molar-refractivity contribution < 1.29 is 9.53 Å². The molecule has 1 aliphatic heterocycles. The topological polar surface area (TPSA) is 62.4 Å². The average Bonchev–Trinajstić information content (AvgIpc) is 2.49. The Morgan fingerprint density at radius 3 is 2.80 bits per heavy atom. The normalized spacial score (nSPS) is 15.6. The number of hydrogen-bond acceptors (Lipinski definition) is 3. The third kappa shape index (κ3) is 2.10. The molecule has 1 aliphatic rings. The summed E-state index contributed by atoms with van der Waals surface area (Å²) in [6.45, 7) is 4.04. The van der Waals surface area contributed by atoms with E-state index < -0.39 is 0 Å². The highest BCUT2D eigenvalue weighted by molar-refractivity contribution is 5.97. The van der Waals surface area contributed by atoms with Crippen LogP contribution in [0.5, 0.6) is 0 Å². The zero-order valence-corrected chi connectivity index (χ0v) is 11.3. The van der Waals surface area contributed by atoms with Crippen LogP contribution in [0.15, 0.2) is 29.2 Å². The SMILES string of the molecule is Cc1cccc2c(=O)c(C(=O)N3CCOCC3)c[nH]c12. The summed E-state index contributed by atoms with van der Waals surface area (Å²) in [6.07, 6.45) is 1.52. The first-order valence-corrected chi connectivity index (χ1v) is 6.66. The Morgan fingerprint density at radius 1 is 1.30 bits per heavy atom. The van der Waals surface area contributed by atoms with E-state index in [1.54, 1.807) is 11.0 Å². The van der Waals surface area contributed by atoms with Gasteiger partial charge in [0.2, 0.25) is 5.43 Å². The number of morpholine rings is 1. The molecule has 1 aromatic carbocycles. The molecular weight excluding hydrogens is 256 g/mol. The number of aryl methyl sites for hydroxylation is 1. The molecule has 0 radical (unpaired) electrons. The Bertz CT molecular complexity index is 715. The van der Waals surface area contributed by atoms with Gasteiger partial charge >= 0.3 is 0 Å². The summed E-state index contributed by atoms with van der Waals surface area (Å²) in [5.41, 5.74) is 1.77. The van der Waals surface area contributed by atoms with Gasteiger partial charge in [-0.2, -0.15) is 0 Å². The number of fused-ring (bicyclic) bond motifs is 1. The van der Waals surface area contributed by atoms with Gasteiger partial charge in [0.15, 0.2) is 0 Å². The molecule has 1 fully saturated rings. The Balaban J connectivity index is 2.06. The van der Waals surface area contributed by atoms with Gasteiger partial charge in [-0.25, -0.2) is 0 Å². The molecule has 0 saturated carbocycles. The van der Waals surface area contributed by atoms with Crippen molar-refractivity contribution in [3.05, 3.63) is 45.7 Å². The molecular formula is C15H16N2O3. The van der Waals surface area contributed by atoms with Gasteiger partial charge in [-0.1, -0.05) is 12.1 Å². The minimum Gasteiger partial charge on any atom is -0.378 e. The second-order valence-corrected chi connectivity index (χ2v) is 4.93. The fourth-order valence-electron chi connectivity index (χ4n) is 2.50. The summed E-state index contributed by atoms with van der Waals surface area (Å²) in [4.78, 5) is 29.6. The first kappa shape index (κ1) is 12.9. The van der Waals surface area contributed by atoms with Crippen LogP contribution in [0.2, 0.25) is 0 Å². The Hall–Kier alpha value is -2.14. The van der Waals surface area contributed by atoms with Crippen LogP contribution in [-0.2, 0) is 4.74 Å². The summed E-state index contributed by atoms with van der Waals surface area (Å²) in [7, 11) is 0. The van der Waals surface area contributed by atoms with Gasteiger partial charge in [0.25, 0.3) is 5.91 Å². The third-order valence-electron chi connectivity index (χ3n) is 3.65. The van der Waals surface area contributed by atoms with Crippen LogP contribution in [-0.4, -0.2) is 42.1 Å². The van der Waals surface area contributed by atoms with E-state index in [1.807, 2.05) is 19.1 Å². The number of rotatable bonds is 1. The molecule has 2 aromatic rings. The zero-order valence-electron chi connectivity index (χ0n) is 11.3. The van der Waals surface area contributed by atoms with Crippen LogP contribution in [0.3, 0.4) is 0 Å². The van der Waals surface area contributed by atoms with Crippen molar-refractivity contribution in [1.29, 1.82) is 0 Å². The maximum atomic E-state index is 12.5. The molecule has 0 spiro atoms. The van der Waals surface area contributed by atoms with E-state index >= 15 is 0 Å². The molecule has 1 amide bonds. The lowest BCUT2D eigenvalue weighted by atomic mass is 10.1. The van der Waals surface area contributed by atoms with Crippen molar-refractivity contribution in [2.75, 3.05) is 26.3 Å². The van der Waals surface area contributed by atoms with Crippen LogP contribution < -0.4 is 5.43 Å². The molecule has 5 nitrogen and oxygen atoms in total. The number of nitrogens with zero attached hydrogens (tertiary/aromatic N) is 1. The quantitative estimate of drug-likeness (QED) is 0.851. The second kappa shape index (κ2) is 5.09. The lowest BCUT2D eigenvalue weighted by Crippen LogP contribution is -2.42. The molecule has 104 valence electrons. The maximum absolute atomic E-state index is 12.5. The van der Waals surface area contributed by atoms with Crippen molar-refractivity contribution in [2.24, 2.45) is 0 Å². The van der Waals surface area contributed by atoms with Gasteiger partial charge in [-0.05, 0) is 18.6 Å². The molecule has 0 aliphatic carbocycles. The van der Waals surface area contributed by atoms with E-state index in [0.717, 1.165) is 11.1 Å². The number of carbonyl (C=O) groups excluding carboxylic acids is 1. The van der Waals surface area contributed by atoms with Gasteiger partial charge in [-0.15, -0.1) is 0 Å². The smallest absolute Gasteiger partial charge is 0.259 e. The Morgan fingerprint density at radius 2 is 2.05 bits per heavy atom. The lowest BCUT2D eigenvalue weighted by Gasteiger charge is -2.26. The number of pyridine rings is 1. The van der Waals surface area contributed by atoms with Crippen molar-refractivity contribution in [2.45, 2.75) is 6.92 Å². The largest absolute Gasteiger partial charge is 0.378 e. The van der Waals surface area contributed by atoms with Crippen LogP contribution in [0.1, 0.15) is 15.9 Å². The Kier molecular flexibility index (Phi) is 3.28. The monoisotopic (exact) mass is 272 g/mol. The number of hydrogen-bond donors (Lipinski definition) is 1. The molecule has 1 saturated heterocycles. The van der Waals surface area contributed by atoms with Crippen molar-refractivity contribution in [3.63, 3.8) is 0 Å². The number of ether oxygens (including phenoxy) is 1.